The van der Waals surface area contributed by atoms with E-state index in [0.29, 0.717) is 33.9 Å². The van der Waals surface area contributed by atoms with Crippen molar-refractivity contribution in [2.75, 3.05) is 14.2 Å². The molecule has 0 aliphatic carbocycles. The average Bonchev–Trinajstić information content (AvgIpc) is 3.31. The number of methoxy groups -OCH3 is 2. The summed E-state index contributed by atoms with van der Waals surface area (Å²) in [5.41, 5.74) is 1.50. The highest BCUT2D eigenvalue weighted by atomic mass is 16.6. The Kier molecular flexibility index (Phi) is 7.44. The second kappa shape index (κ2) is 10.3. The fraction of sp³-hybridized carbons (Fsp3) is 0.222. The van der Waals surface area contributed by atoms with Crippen LogP contribution >= 0.6 is 0 Å². The summed E-state index contributed by atoms with van der Waals surface area (Å²) >= 11 is 0. The van der Waals surface area contributed by atoms with Crippen LogP contribution in [0.25, 0.3) is 17.3 Å². The van der Waals surface area contributed by atoms with E-state index in [1.807, 2.05) is 0 Å². The van der Waals surface area contributed by atoms with Gasteiger partial charge in [0.15, 0.2) is 5.78 Å². The third-order valence-electron chi connectivity index (χ3n) is 5.00. The maximum atomic E-state index is 12.7. The van der Waals surface area contributed by atoms with Crippen molar-refractivity contribution < 1.29 is 33.7 Å². The first-order valence-corrected chi connectivity index (χ1v) is 10.8. The zero-order chi connectivity index (χ0) is 25.8. The van der Waals surface area contributed by atoms with Crippen molar-refractivity contribution in [1.29, 1.82) is 0 Å². The fourth-order valence-electron chi connectivity index (χ4n) is 3.36. The predicted molar refractivity (Wildman–Crippen MR) is 131 cm³/mol. The van der Waals surface area contributed by atoms with E-state index in [2.05, 4.69) is 0 Å². The van der Waals surface area contributed by atoms with Gasteiger partial charge in [-0.3, -0.25) is 9.36 Å². The summed E-state index contributed by atoms with van der Waals surface area (Å²) in [4.78, 5) is 36.4. The van der Waals surface area contributed by atoms with E-state index < -0.39 is 17.7 Å². The molecule has 0 aliphatic rings. The molecule has 1 aromatic heterocycles. The van der Waals surface area contributed by atoms with E-state index in [4.69, 9.17) is 19.3 Å². The minimum absolute atomic E-state index is 0.0972. The third-order valence-corrected chi connectivity index (χ3v) is 5.00. The van der Waals surface area contributed by atoms with Gasteiger partial charge in [0, 0.05) is 29.0 Å². The van der Waals surface area contributed by atoms with Gasteiger partial charge in [-0.2, -0.15) is 0 Å². The van der Waals surface area contributed by atoms with Gasteiger partial charge < -0.3 is 19.3 Å². The number of aromatic nitrogens is 1. The van der Waals surface area contributed by atoms with Crippen LogP contribution in [0.5, 0.6) is 11.5 Å². The number of carbonyl (C=O) groups is 3. The first-order valence-electron chi connectivity index (χ1n) is 10.8. The number of carbonyl (C=O) groups excluding carboxylic acids is 2. The van der Waals surface area contributed by atoms with Crippen LogP contribution in [0.3, 0.4) is 0 Å². The number of carboxylic acid groups (broad SMARTS) is 1. The van der Waals surface area contributed by atoms with Crippen LogP contribution < -0.4 is 9.47 Å². The van der Waals surface area contributed by atoms with Crippen molar-refractivity contribution >= 4 is 23.9 Å². The largest absolute Gasteiger partial charge is 0.496 e. The Labute approximate surface area is 203 Å². The molecule has 0 spiro atoms. The van der Waals surface area contributed by atoms with Crippen LogP contribution in [-0.4, -0.2) is 47.3 Å². The van der Waals surface area contributed by atoms with Crippen LogP contribution in [0.15, 0.2) is 60.8 Å². The van der Waals surface area contributed by atoms with Crippen LogP contribution in [0.2, 0.25) is 0 Å². The van der Waals surface area contributed by atoms with Crippen molar-refractivity contribution in [3.05, 3.63) is 77.5 Å². The number of rotatable bonds is 7. The highest BCUT2D eigenvalue weighted by molar-refractivity contribution is 6.07. The number of carboxylic acids is 1. The lowest BCUT2D eigenvalue weighted by molar-refractivity contribution is 0.0539. The second-order valence-corrected chi connectivity index (χ2v) is 8.62. The number of benzene rings is 2. The van der Waals surface area contributed by atoms with Crippen molar-refractivity contribution in [2.24, 2.45) is 0 Å². The van der Waals surface area contributed by atoms with Crippen LogP contribution in [0, 0.1) is 0 Å². The number of nitrogens with zero attached hydrogens (tertiary/aromatic N) is 1. The Balaban J connectivity index is 1.99. The lowest BCUT2D eigenvalue weighted by atomic mass is 10.0. The minimum Gasteiger partial charge on any atom is -0.496 e. The molecule has 8 nitrogen and oxygen atoms in total. The smallest absolute Gasteiger partial charge is 0.418 e. The number of aromatic carboxylic acids is 1. The molecule has 0 fully saturated rings. The van der Waals surface area contributed by atoms with E-state index in [0.717, 1.165) is 0 Å². The maximum absolute atomic E-state index is 12.7. The first kappa shape index (κ1) is 25.3. The highest BCUT2D eigenvalue weighted by Crippen LogP contribution is 2.37. The lowest BCUT2D eigenvalue weighted by Gasteiger charge is -2.21. The molecule has 1 N–H and O–H groups in total. The number of allylic oxidation sites excluding steroid dienone is 1. The van der Waals surface area contributed by atoms with Crippen molar-refractivity contribution in [3.8, 4) is 22.8 Å². The zero-order valence-electron chi connectivity index (χ0n) is 20.2. The lowest BCUT2D eigenvalue weighted by Crippen LogP contribution is -2.27. The molecule has 1 heterocycles. The Morgan fingerprint density at radius 3 is 2.11 bits per heavy atom. The van der Waals surface area contributed by atoms with Crippen molar-refractivity contribution in [2.45, 2.75) is 26.4 Å². The monoisotopic (exact) mass is 477 g/mol. The van der Waals surface area contributed by atoms with E-state index >= 15 is 0 Å². The molecule has 0 saturated heterocycles. The molecular weight excluding hydrogens is 450 g/mol. The maximum Gasteiger partial charge on any atom is 0.418 e. The molecule has 0 saturated carbocycles. The number of hydrogen-bond acceptors (Lipinski definition) is 6. The summed E-state index contributed by atoms with van der Waals surface area (Å²) in [7, 11) is 3.01. The van der Waals surface area contributed by atoms with E-state index in [-0.39, 0.29) is 11.3 Å². The molecule has 0 amide bonds. The summed E-state index contributed by atoms with van der Waals surface area (Å²) in [6, 6.07) is 12.6. The number of ketones is 1. The van der Waals surface area contributed by atoms with E-state index in [1.165, 1.54) is 49.1 Å². The normalized spacial score (nSPS) is 11.3. The van der Waals surface area contributed by atoms with Crippen molar-refractivity contribution in [3.63, 3.8) is 0 Å². The molecule has 35 heavy (non-hydrogen) atoms. The molecule has 2 aromatic carbocycles. The molecule has 0 unspecified atom stereocenters. The standard InChI is InChI=1S/C27H27NO7/c1-27(2,3)35-26(32)28-14-6-7-21(28)20-15-19(23(33-4)16-24(20)34-5)12-13-22(29)17-8-10-18(11-9-17)25(30)31/h6-16H,1-5H3,(H,30,31). The summed E-state index contributed by atoms with van der Waals surface area (Å²) in [5, 5.41) is 9.03. The van der Waals surface area contributed by atoms with Gasteiger partial charge in [0.2, 0.25) is 0 Å². The van der Waals surface area contributed by atoms with Crippen LogP contribution in [0.4, 0.5) is 4.79 Å². The summed E-state index contributed by atoms with van der Waals surface area (Å²) in [6.07, 6.45) is 4.03. The number of hydrogen-bond donors (Lipinski definition) is 1. The molecule has 3 rings (SSSR count). The Morgan fingerprint density at radius 2 is 1.54 bits per heavy atom. The molecule has 0 radical (unpaired) electrons. The molecule has 0 bridgehead atoms. The Hall–Kier alpha value is -4.33. The molecule has 3 aromatic rings. The molecule has 0 aliphatic heterocycles. The second-order valence-electron chi connectivity index (χ2n) is 8.62. The molecule has 182 valence electrons. The SMILES string of the molecule is COc1cc(OC)c(-c2cccn2C(=O)OC(C)(C)C)cc1C=CC(=O)c1ccc(C(=O)O)cc1. The average molecular weight is 478 g/mol. The molecule has 0 atom stereocenters. The quantitative estimate of drug-likeness (QED) is 0.351. The summed E-state index contributed by atoms with van der Waals surface area (Å²) in [6.45, 7) is 5.37. The summed E-state index contributed by atoms with van der Waals surface area (Å²) in [5.74, 6) is -0.436. The van der Waals surface area contributed by atoms with Crippen molar-refractivity contribution in [1.82, 2.24) is 4.57 Å². The highest BCUT2D eigenvalue weighted by Gasteiger charge is 2.22. The molecule has 8 heteroatoms. The van der Waals surface area contributed by atoms with Crippen LogP contribution in [0.1, 0.15) is 47.1 Å². The van der Waals surface area contributed by atoms with Gasteiger partial charge in [0.1, 0.15) is 17.1 Å². The zero-order valence-corrected chi connectivity index (χ0v) is 20.2. The van der Waals surface area contributed by atoms with Gasteiger partial charge >= 0.3 is 12.1 Å². The summed E-state index contributed by atoms with van der Waals surface area (Å²) < 4.78 is 17.9. The fourth-order valence-corrected chi connectivity index (χ4v) is 3.36. The molecular formula is C27H27NO7. The van der Waals surface area contributed by atoms with Gasteiger partial charge in [0.25, 0.3) is 0 Å². The predicted octanol–water partition coefficient (Wildman–Crippen LogP) is 5.55. The number of ether oxygens (including phenoxy) is 3. The van der Waals surface area contributed by atoms with E-state index in [1.54, 1.807) is 57.3 Å². The van der Waals surface area contributed by atoms with Crippen LogP contribution in [-0.2, 0) is 4.74 Å². The van der Waals surface area contributed by atoms with Gasteiger partial charge in [-0.15, -0.1) is 0 Å². The Morgan fingerprint density at radius 1 is 0.914 bits per heavy atom. The minimum atomic E-state index is -1.06. The van der Waals surface area contributed by atoms with E-state index in [9.17, 15) is 14.4 Å². The van der Waals surface area contributed by atoms with Gasteiger partial charge in [-0.25, -0.2) is 9.59 Å². The van der Waals surface area contributed by atoms with Gasteiger partial charge in [-0.1, -0.05) is 12.1 Å². The third kappa shape index (κ3) is 5.97. The Bertz CT molecular complexity index is 1280. The topological polar surface area (TPSA) is 104 Å². The first-order chi connectivity index (χ1) is 16.5. The van der Waals surface area contributed by atoms with Gasteiger partial charge in [-0.05, 0) is 63.3 Å². The van der Waals surface area contributed by atoms with Gasteiger partial charge in [0.05, 0.1) is 25.5 Å².